The van der Waals surface area contributed by atoms with Gasteiger partial charge < -0.3 is 20.3 Å². The van der Waals surface area contributed by atoms with Gasteiger partial charge in [0.15, 0.2) is 11.4 Å². The number of nitrogens with zero attached hydrogens (tertiary/aromatic N) is 1. The van der Waals surface area contributed by atoms with E-state index in [-0.39, 0.29) is 28.0 Å². The summed E-state index contributed by atoms with van der Waals surface area (Å²) in [5.74, 6) is -0.570. The molecule has 1 unspecified atom stereocenters. The summed E-state index contributed by atoms with van der Waals surface area (Å²) in [6.07, 6.45) is 0. The van der Waals surface area contributed by atoms with Gasteiger partial charge in [0, 0.05) is 20.2 Å². The van der Waals surface area contributed by atoms with E-state index in [1.807, 2.05) is 0 Å². The van der Waals surface area contributed by atoms with Crippen LogP contribution >= 0.6 is 0 Å². The zero-order valence-electron chi connectivity index (χ0n) is 8.94. The van der Waals surface area contributed by atoms with Crippen LogP contribution in [-0.2, 0) is 0 Å². The average molecular weight is 210 g/mol. The van der Waals surface area contributed by atoms with Crippen LogP contribution in [0.15, 0.2) is 18.2 Å². The van der Waals surface area contributed by atoms with Gasteiger partial charge in [-0.2, -0.15) is 0 Å². The molecule has 82 valence electrons. The molecule has 0 aromatic heterocycles. The van der Waals surface area contributed by atoms with Crippen LogP contribution in [0.1, 0.15) is 10.4 Å². The Morgan fingerprint density at radius 3 is 2.53 bits per heavy atom. The number of aromatic hydroxyl groups is 1. The third kappa shape index (κ3) is 2.26. The summed E-state index contributed by atoms with van der Waals surface area (Å²) < 4.78 is 0. The van der Waals surface area contributed by atoms with Crippen molar-refractivity contribution in [2.75, 3.05) is 21.1 Å². The topological polar surface area (TPSA) is 68.0 Å². The lowest BCUT2D eigenvalue weighted by molar-refractivity contribution is -0.751. The molecule has 1 amide bonds. The van der Waals surface area contributed by atoms with E-state index in [4.69, 9.17) is 0 Å². The number of hydrogen-bond acceptors (Lipinski definition) is 3. The van der Waals surface area contributed by atoms with Crippen LogP contribution in [0, 0.1) is 5.21 Å². The number of hydroxylamine groups is 1. The Balaban J connectivity index is 3.21. The van der Waals surface area contributed by atoms with Gasteiger partial charge in [-0.25, -0.2) is 0 Å². The summed E-state index contributed by atoms with van der Waals surface area (Å²) >= 11 is 0. The molecule has 5 heteroatoms. The smallest absolute Gasteiger partial charge is 0.257 e. The van der Waals surface area contributed by atoms with Crippen molar-refractivity contribution in [1.29, 1.82) is 0 Å². The first-order chi connectivity index (χ1) is 6.95. The van der Waals surface area contributed by atoms with E-state index in [9.17, 15) is 15.1 Å². The predicted octanol–water partition coefficient (Wildman–Crippen LogP) is -0.262. The quantitative estimate of drug-likeness (QED) is 0.522. The molecule has 0 aliphatic rings. The first-order valence-corrected chi connectivity index (χ1v) is 4.49. The molecule has 0 spiro atoms. The van der Waals surface area contributed by atoms with Crippen molar-refractivity contribution in [3.8, 4) is 5.75 Å². The summed E-state index contributed by atoms with van der Waals surface area (Å²) in [7, 11) is 4.52. The van der Waals surface area contributed by atoms with Crippen molar-refractivity contribution in [2.24, 2.45) is 0 Å². The fourth-order valence-corrected chi connectivity index (χ4v) is 1.24. The van der Waals surface area contributed by atoms with Crippen molar-refractivity contribution in [3.05, 3.63) is 29.0 Å². The van der Waals surface area contributed by atoms with Gasteiger partial charge in [-0.05, 0) is 6.07 Å². The van der Waals surface area contributed by atoms with Gasteiger partial charge >= 0.3 is 0 Å². The summed E-state index contributed by atoms with van der Waals surface area (Å²) in [5, 5.41) is 20.6. The molecule has 1 atom stereocenters. The Hall–Kier alpha value is -1.59. The largest absolute Gasteiger partial charge is 0.629 e. The van der Waals surface area contributed by atoms with Crippen molar-refractivity contribution in [2.45, 2.75) is 0 Å². The molecule has 0 radical (unpaired) electrons. The highest BCUT2D eigenvalue weighted by Gasteiger charge is 2.17. The van der Waals surface area contributed by atoms with Gasteiger partial charge in [-0.1, -0.05) is 6.07 Å². The summed E-state index contributed by atoms with van der Waals surface area (Å²) in [4.78, 5) is 12.9. The maximum absolute atomic E-state index is 11.6. The Bertz CT molecular complexity index is 375. The number of amides is 1. The van der Waals surface area contributed by atoms with Gasteiger partial charge in [0.25, 0.3) is 5.91 Å². The Labute approximate surface area is 88.1 Å². The first kappa shape index (κ1) is 11.5. The van der Waals surface area contributed by atoms with E-state index in [1.165, 1.54) is 24.1 Å². The van der Waals surface area contributed by atoms with Crippen LogP contribution in [0.4, 0.5) is 5.69 Å². The van der Waals surface area contributed by atoms with Gasteiger partial charge in [0.2, 0.25) is 0 Å². The summed E-state index contributed by atoms with van der Waals surface area (Å²) in [5.41, 5.74) is 0.315. The third-order valence-electron chi connectivity index (χ3n) is 2.05. The minimum atomic E-state index is -0.324. The van der Waals surface area contributed by atoms with Crippen molar-refractivity contribution in [1.82, 2.24) is 4.90 Å². The Morgan fingerprint density at radius 2 is 2.07 bits per heavy atom. The number of rotatable bonds is 2. The number of phenols is 1. The number of nitrogens with one attached hydrogen (secondary N) is 1. The lowest BCUT2D eigenvalue weighted by Gasteiger charge is -2.19. The number of benzene rings is 1. The number of quaternary nitrogens is 1. The number of phenolic OH excluding ortho intramolecular Hbond substituents is 1. The van der Waals surface area contributed by atoms with Crippen LogP contribution in [0.2, 0.25) is 0 Å². The molecule has 1 aromatic carbocycles. The van der Waals surface area contributed by atoms with Crippen LogP contribution in [0.5, 0.6) is 5.75 Å². The highest BCUT2D eigenvalue weighted by Crippen LogP contribution is 2.24. The van der Waals surface area contributed by atoms with Gasteiger partial charge in [0.1, 0.15) is 0 Å². The molecule has 1 rings (SSSR count). The normalized spacial score (nSPS) is 12.3. The SMILES string of the molecule is CN(C)C(=O)c1cccc([NH+](C)[O-])c1O. The second kappa shape index (κ2) is 4.29. The number of carbonyl (C=O) groups is 1. The van der Waals surface area contributed by atoms with Gasteiger partial charge in [-0.3, -0.25) is 4.79 Å². The van der Waals surface area contributed by atoms with Crippen LogP contribution in [-0.4, -0.2) is 37.1 Å². The van der Waals surface area contributed by atoms with E-state index in [2.05, 4.69) is 0 Å². The minimum Gasteiger partial charge on any atom is -0.629 e. The maximum Gasteiger partial charge on any atom is 0.257 e. The number of hydrogen-bond donors (Lipinski definition) is 2. The fraction of sp³-hybridized carbons (Fsp3) is 0.300. The molecule has 2 N–H and O–H groups in total. The highest BCUT2D eigenvalue weighted by molar-refractivity contribution is 5.97. The highest BCUT2D eigenvalue weighted by atomic mass is 16.5. The standard InChI is InChI=1S/C10H14N2O3/c1-11(2)10(14)7-5-4-6-8(9(7)13)12(3)15/h4-6,12-13H,1-3H3. The molecule has 15 heavy (non-hydrogen) atoms. The predicted molar refractivity (Wildman–Crippen MR) is 56.0 cm³/mol. The van der Waals surface area contributed by atoms with E-state index in [0.29, 0.717) is 0 Å². The van der Waals surface area contributed by atoms with E-state index >= 15 is 0 Å². The van der Waals surface area contributed by atoms with Gasteiger partial charge in [-0.15, -0.1) is 0 Å². The third-order valence-corrected chi connectivity index (χ3v) is 2.05. The molecule has 0 fully saturated rings. The van der Waals surface area contributed by atoms with Crippen LogP contribution < -0.4 is 5.06 Å². The van der Waals surface area contributed by atoms with Crippen molar-refractivity contribution in [3.63, 3.8) is 0 Å². The summed E-state index contributed by atoms with van der Waals surface area (Å²) in [6, 6.07) is 4.56. The molecule has 0 saturated heterocycles. The molecule has 1 aromatic rings. The molecular formula is C10H14N2O3. The fourth-order valence-electron chi connectivity index (χ4n) is 1.24. The molecule has 0 aliphatic heterocycles. The van der Waals surface area contributed by atoms with Gasteiger partial charge in [0.05, 0.1) is 12.6 Å². The number of carbonyl (C=O) groups excluding carboxylic acids is 1. The number of para-hydroxylation sites is 1. The molecule has 5 nitrogen and oxygen atoms in total. The molecule has 0 bridgehead atoms. The first-order valence-electron chi connectivity index (χ1n) is 4.49. The summed E-state index contributed by atoms with van der Waals surface area (Å²) in [6.45, 7) is 0. The lowest BCUT2D eigenvalue weighted by atomic mass is 10.1. The van der Waals surface area contributed by atoms with E-state index < -0.39 is 0 Å². The molecule has 0 saturated carbocycles. The Morgan fingerprint density at radius 1 is 1.47 bits per heavy atom. The second-order valence-corrected chi connectivity index (χ2v) is 3.46. The second-order valence-electron chi connectivity index (χ2n) is 3.46. The molecular weight excluding hydrogens is 196 g/mol. The molecule has 0 heterocycles. The maximum atomic E-state index is 11.6. The molecule has 0 aliphatic carbocycles. The van der Waals surface area contributed by atoms with Crippen molar-refractivity contribution >= 4 is 11.6 Å². The van der Waals surface area contributed by atoms with Crippen LogP contribution in [0.3, 0.4) is 0 Å². The monoisotopic (exact) mass is 210 g/mol. The lowest BCUT2D eigenvalue weighted by Crippen LogP contribution is -2.98. The van der Waals surface area contributed by atoms with Crippen LogP contribution in [0.25, 0.3) is 0 Å². The zero-order valence-corrected chi connectivity index (χ0v) is 8.94. The average Bonchev–Trinajstić information content (AvgIpc) is 2.16. The van der Waals surface area contributed by atoms with E-state index in [1.54, 1.807) is 20.2 Å². The van der Waals surface area contributed by atoms with Crippen molar-refractivity contribution < 1.29 is 15.0 Å². The van der Waals surface area contributed by atoms with E-state index in [0.717, 1.165) is 0 Å². The Kier molecular flexibility index (Phi) is 3.28. The zero-order chi connectivity index (χ0) is 11.6. The minimum absolute atomic E-state index is 0.146.